The highest BCUT2D eigenvalue weighted by atomic mass is 16.1. The largest absolute Gasteiger partial charge is 0.292 e. The Hall–Kier alpha value is -1.38. The third-order valence-electron chi connectivity index (χ3n) is 2.10. The first-order valence-corrected chi connectivity index (χ1v) is 4.80. The van der Waals surface area contributed by atoms with Crippen molar-refractivity contribution in [2.75, 3.05) is 0 Å². The number of nitrogens with zero attached hydrogens (tertiary/aromatic N) is 2. The van der Waals surface area contributed by atoms with Crippen molar-refractivity contribution in [2.24, 2.45) is 7.05 Å². The monoisotopic (exact) mass is 192 g/mol. The second kappa shape index (κ2) is 4.74. The van der Waals surface area contributed by atoms with E-state index < -0.39 is 0 Å². The second-order valence-corrected chi connectivity index (χ2v) is 3.40. The zero-order valence-electron chi connectivity index (χ0n) is 8.79. The van der Waals surface area contributed by atoms with Gasteiger partial charge in [-0.3, -0.25) is 9.48 Å². The zero-order chi connectivity index (χ0) is 10.6. The van der Waals surface area contributed by atoms with Gasteiger partial charge in [0, 0.05) is 13.5 Å². The summed E-state index contributed by atoms with van der Waals surface area (Å²) >= 11 is 0. The van der Waals surface area contributed by atoms with Gasteiger partial charge >= 0.3 is 0 Å². The van der Waals surface area contributed by atoms with Gasteiger partial charge in [0.15, 0.2) is 5.78 Å². The van der Waals surface area contributed by atoms with Gasteiger partial charge in [-0.2, -0.15) is 5.10 Å². The molecule has 0 aromatic carbocycles. The fraction of sp³-hybridized carbons (Fsp3) is 0.455. The quantitative estimate of drug-likeness (QED) is 0.407. The molecule has 1 aromatic rings. The Balaban J connectivity index is 2.60. The maximum Gasteiger partial charge on any atom is 0.180 e. The summed E-state index contributed by atoms with van der Waals surface area (Å²) in [6, 6.07) is 1.83. The number of carbonyl (C=O) groups excluding carboxylic acids is 1. The van der Waals surface area contributed by atoms with Crippen molar-refractivity contribution in [1.82, 2.24) is 9.78 Å². The topological polar surface area (TPSA) is 34.9 Å². The molecule has 0 aliphatic heterocycles. The molecule has 1 aromatic heterocycles. The van der Waals surface area contributed by atoms with Crippen LogP contribution >= 0.6 is 0 Å². The van der Waals surface area contributed by atoms with E-state index in [2.05, 4.69) is 11.7 Å². The molecule has 1 heterocycles. The lowest BCUT2D eigenvalue weighted by molar-refractivity contribution is 0.0971. The second-order valence-electron chi connectivity index (χ2n) is 3.40. The molecular weight excluding hydrogens is 176 g/mol. The van der Waals surface area contributed by atoms with E-state index in [1.165, 1.54) is 0 Å². The molecule has 0 spiro atoms. The standard InChI is InChI=1S/C11H16N2O/c1-4-5-6-7-11(14)10-8-9(2)12-13(10)3/h4,8H,1,5-7H2,2-3H3. The van der Waals surface area contributed by atoms with E-state index in [0.29, 0.717) is 12.1 Å². The van der Waals surface area contributed by atoms with Crippen LogP contribution in [0.5, 0.6) is 0 Å². The van der Waals surface area contributed by atoms with Crippen molar-refractivity contribution >= 4 is 5.78 Å². The molecule has 0 radical (unpaired) electrons. The van der Waals surface area contributed by atoms with Crippen molar-refractivity contribution in [3.63, 3.8) is 0 Å². The number of rotatable bonds is 5. The lowest BCUT2D eigenvalue weighted by atomic mass is 10.1. The van der Waals surface area contributed by atoms with Crippen molar-refractivity contribution in [3.8, 4) is 0 Å². The van der Waals surface area contributed by atoms with Crippen molar-refractivity contribution in [1.29, 1.82) is 0 Å². The Bertz CT molecular complexity index is 339. The van der Waals surface area contributed by atoms with E-state index in [9.17, 15) is 4.79 Å². The number of hydrogen-bond acceptors (Lipinski definition) is 2. The van der Waals surface area contributed by atoms with Crippen LogP contribution in [0.2, 0.25) is 0 Å². The Morgan fingerprint density at radius 1 is 1.71 bits per heavy atom. The maximum atomic E-state index is 11.7. The number of ketones is 1. The van der Waals surface area contributed by atoms with E-state index in [1.54, 1.807) is 11.7 Å². The maximum absolute atomic E-state index is 11.7. The van der Waals surface area contributed by atoms with Crippen molar-refractivity contribution in [2.45, 2.75) is 26.2 Å². The normalized spacial score (nSPS) is 10.1. The minimum absolute atomic E-state index is 0.162. The molecule has 0 unspecified atom stereocenters. The average Bonchev–Trinajstić information content (AvgIpc) is 2.45. The number of Topliss-reactive ketones (excluding diaryl/α,β-unsaturated/α-hetero) is 1. The summed E-state index contributed by atoms with van der Waals surface area (Å²) < 4.78 is 1.64. The fourth-order valence-electron chi connectivity index (χ4n) is 1.41. The van der Waals surface area contributed by atoms with Crippen LogP contribution in [0, 0.1) is 6.92 Å². The predicted octanol–water partition coefficient (Wildman–Crippen LogP) is 2.27. The van der Waals surface area contributed by atoms with Gasteiger partial charge in [-0.1, -0.05) is 6.08 Å². The molecule has 0 aliphatic carbocycles. The van der Waals surface area contributed by atoms with E-state index in [0.717, 1.165) is 18.5 Å². The summed E-state index contributed by atoms with van der Waals surface area (Å²) in [5.74, 6) is 0.162. The van der Waals surface area contributed by atoms with Gasteiger partial charge in [-0.05, 0) is 25.8 Å². The minimum atomic E-state index is 0.162. The summed E-state index contributed by atoms with van der Waals surface area (Å²) in [4.78, 5) is 11.7. The first-order chi connectivity index (χ1) is 6.65. The van der Waals surface area contributed by atoms with E-state index in [1.807, 2.05) is 19.1 Å². The Morgan fingerprint density at radius 3 is 2.93 bits per heavy atom. The molecular formula is C11H16N2O. The van der Waals surface area contributed by atoms with Gasteiger partial charge in [0.25, 0.3) is 0 Å². The van der Waals surface area contributed by atoms with Crippen molar-refractivity contribution < 1.29 is 4.79 Å². The summed E-state index contributed by atoms with van der Waals surface area (Å²) in [7, 11) is 1.80. The van der Waals surface area contributed by atoms with Crippen LogP contribution in [0.1, 0.15) is 35.4 Å². The first-order valence-electron chi connectivity index (χ1n) is 4.80. The lowest BCUT2D eigenvalue weighted by Crippen LogP contribution is -2.06. The van der Waals surface area contributed by atoms with Gasteiger partial charge in [-0.15, -0.1) is 6.58 Å². The number of aryl methyl sites for hydroxylation is 2. The summed E-state index contributed by atoms with van der Waals surface area (Å²) in [6.45, 7) is 5.51. The third-order valence-corrected chi connectivity index (χ3v) is 2.10. The average molecular weight is 192 g/mol. The van der Waals surface area contributed by atoms with Crippen molar-refractivity contribution in [3.05, 3.63) is 30.1 Å². The van der Waals surface area contributed by atoms with Crippen LogP contribution in [-0.2, 0) is 7.05 Å². The molecule has 0 saturated carbocycles. The Morgan fingerprint density at radius 2 is 2.43 bits per heavy atom. The van der Waals surface area contributed by atoms with Crippen LogP contribution < -0.4 is 0 Å². The number of unbranched alkanes of at least 4 members (excludes halogenated alkanes) is 1. The van der Waals surface area contributed by atoms with Crippen LogP contribution in [0.3, 0.4) is 0 Å². The van der Waals surface area contributed by atoms with Gasteiger partial charge in [0.2, 0.25) is 0 Å². The zero-order valence-corrected chi connectivity index (χ0v) is 8.79. The van der Waals surface area contributed by atoms with Crippen LogP contribution in [0.4, 0.5) is 0 Å². The van der Waals surface area contributed by atoms with Gasteiger partial charge in [-0.25, -0.2) is 0 Å². The molecule has 0 atom stereocenters. The van der Waals surface area contributed by atoms with Crippen LogP contribution in [-0.4, -0.2) is 15.6 Å². The molecule has 3 nitrogen and oxygen atoms in total. The number of aromatic nitrogens is 2. The smallest absolute Gasteiger partial charge is 0.180 e. The molecule has 0 amide bonds. The minimum Gasteiger partial charge on any atom is -0.292 e. The summed E-state index contributed by atoms with van der Waals surface area (Å²) in [6.07, 6.45) is 4.17. The number of allylic oxidation sites excluding steroid dienone is 1. The molecule has 0 bridgehead atoms. The first kappa shape index (κ1) is 10.7. The molecule has 0 fully saturated rings. The number of carbonyl (C=O) groups is 1. The summed E-state index contributed by atoms with van der Waals surface area (Å²) in [5, 5.41) is 4.14. The predicted molar refractivity (Wildman–Crippen MR) is 56.3 cm³/mol. The molecule has 0 N–H and O–H groups in total. The van der Waals surface area contributed by atoms with E-state index in [-0.39, 0.29) is 5.78 Å². The van der Waals surface area contributed by atoms with Crippen LogP contribution in [0.25, 0.3) is 0 Å². The molecule has 0 aliphatic rings. The third kappa shape index (κ3) is 2.55. The number of hydrogen-bond donors (Lipinski definition) is 0. The Kier molecular flexibility index (Phi) is 3.63. The molecule has 14 heavy (non-hydrogen) atoms. The Labute approximate surface area is 84.4 Å². The van der Waals surface area contributed by atoms with E-state index in [4.69, 9.17) is 0 Å². The lowest BCUT2D eigenvalue weighted by Gasteiger charge is -1.99. The molecule has 3 heteroatoms. The molecule has 0 saturated heterocycles. The van der Waals surface area contributed by atoms with Gasteiger partial charge in [0.05, 0.1) is 5.69 Å². The van der Waals surface area contributed by atoms with Gasteiger partial charge < -0.3 is 0 Å². The highest BCUT2D eigenvalue weighted by Gasteiger charge is 2.10. The van der Waals surface area contributed by atoms with E-state index >= 15 is 0 Å². The highest BCUT2D eigenvalue weighted by Crippen LogP contribution is 2.08. The van der Waals surface area contributed by atoms with Crippen LogP contribution in [0.15, 0.2) is 18.7 Å². The highest BCUT2D eigenvalue weighted by molar-refractivity contribution is 5.94. The summed E-state index contributed by atoms with van der Waals surface area (Å²) in [5.41, 5.74) is 1.59. The SMILES string of the molecule is C=CCCCC(=O)c1cc(C)nn1C. The fourth-order valence-corrected chi connectivity index (χ4v) is 1.41. The molecule has 1 rings (SSSR count). The molecule has 76 valence electrons. The van der Waals surface area contributed by atoms with Gasteiger partial charge in [0.1, 0.15) is 5.69 Å².